The molecule has 0 fully saturated rings. The minimum atomic E-state index is -0.665. The number of carbonyl (C=O) groups excluding carboxylic acids is 1. The summed E-state index contributed by atoms with van der Waals surface area (Å²) in [6.07, 6.45) is 4.21. The Morgan fingerprint density at radius 3 is 2.54 bits per heavy atom. The summed E-state index contributed by atoms with van der Waals surface area (Å²) in [5, 5.41) is 7.10. The Labute approximate surface area is 204 Å². The number of rotatable bonds is 6. The highest BCUT2D eigenvalue weighted by molar-refractivity contribution is 6.34. The summed E-state index contributed by atoms with van der Waals surface area (Å²) in [7, 11) is 0. The average Bonchev–Trinajstić information content (AvgIpc) is 2.84. The fourth-order valence-corrected chi connectivity index (χ4v) is 3.23. The quantitative estimate of drug-likeness (QED) is 0.398. The molecule has 0 radical (unpaired) electrons. The van der Waals surface area contributed by atoms with Crippen molar-refractivity contribution in [1.82, 2.24) is 19.7 Å². The summed E-state index contributed by atoms with van der Waals surface area (Å²) >= 11 is 6.08. The van der Waals surface area contributed by atoms with Crippen LogP contribution in [0.1, 0.15) is 30.2 Å². The van der Waals surface area contributed by atoms with E-state index < -0.39 is 17.2 Å². The van der Waals surface area contributed by atoms with Crippen molar-refractivity contribution < 1.29 is 13.9 Å². The normalized spacial score (nSPS) is 10.9. The highest BCUT2D eigenvalue weighted by atomic mass is 35.5. The molecule has 9 nitrogen and oxygen atoms in total. The van der Waals surface area contributed by atoms with E-state index in [0.29, 0.717) is 17.1 Å². The van der Waals surface area contributed by atoms with Crippen molar-refractivity contribution >= 4 is 29.1 Å². The summed E-state index contributed by atoms with van der Waals surface area (Å²) in [6.45, 7) is 3.72. The highest BCUT2D eigenvalue weighted by Crippen LogP contribution is 2.32. The van der Waals surface area contributed by atoms with Gasteiger partial charge in [0.05, 0.1) is 6.20 Å². The van der Waals surface area contributed by atoms with Crippen LogP contribution in [0.3, 0.4) is 0 Å². The lowest BCUT2D eigenvalue weighted by atomic mass is 10.1. The third-order valence-electron chi connectivity index (χ3n) is 4.91. The minimum Gasteiger partial charge on any atom is -0.454 e. The Hall–Kier alpha value is -4.31. The number of nitrogens with two attached hydrogens (primary N) is 1. The maximum Gasteiger partial charge on any atom is 0.262 e. The minimum absolute atomic E-state index is 0.0385. The van der Waals surface area contributed by atoms with E-state index in [4.69, 9.17) is 22.1 Å². The van der Waals surface area contributed by atoms with Crippen LogP contribution in [0.15, 0.2) is 65.8 Å². The third-order valence-corrected chi connectivity index (χ3v) is 5.29. The van der Waals surface area contributed by atoms with Gasteiger partial charge in [0, 0.05) is 30.1 Å². The zero-order valence-electron chi connectivity index (χ0n) is 18.7. The standard InChI is InChI=1S/C24H20ClFN6O3/c1-13(2)32-12-17(22(33)21(31-32)14-3-5-15(26)6-4-14)24(34)30-19-8-7-16(11-29-19)35-18-9-10-28-23(27)20(18)25/h3-13H,1-2H3,(H2,27,28)(H,29,30,34). The number of pyridine rings is 2. The fraction of sp³-hybridized carbons (Fsp3) is 0.125. The summed E-state index contributed by atoms with van der Waals surface area (Å²) < 4.78 is 20.5. The van der Waals surface area contributed by atoms with Gasteiger partial charge in [0.25, 0.3) is 5.91 Å². The smallest absolute Gasteiger partial charge is 0.262 e. The number of nitrogens with one attached hydrogen (secondary N) is 1. The second kappa shape index (κ2) is 9.90. The summed E-state index contributed by atoms with van der Waals surface area (Å²) in [5.41, 5.74) is 5.39. The molecule has 0 aliphatic carbocycles. The second-order valence-electron chi connectivity index (χ2n) is 7.74. The second-order valence-corrected chi connectivity index (χ2v) is 8.12. The number of hydrogen-bond donors (Lipinski definition) is 2. The number of hydrogen-bond acceptors (Lipinski definition) is 7. The molecule has 0 bridgehead atoms. The van der Waals surface area contributed by atoms with Gasteiger partial charge >= 0.3 is 0 Å². The predicted molar refractivity (Wildman–Crippen MR) is 130 cm³/mol. The maximum atomic E-state index is 13.3. The Bertz CT molecular complexity index is 1440. The fourth-order valence-electron chi connectivity index (χ4n) is 3.08. The van der Waals surface area contributed by atoms with Crippen LogP contribution in [-0.2, 0) is 0 Å². The van der Waals surface area contributed by atoms with Crippen molar-refractivity contribution in [2.75, 3.05) is 11.1 Å². The molecule has 0 atom stereocenters. The van der Waals surface area contributed by atoms with Crippen LogP contribution in [-0.4, -0.2) is 25.7 Å². The van der Waals surface area contributed by atoms with Crippen LogP contribution in [0.25, 0.3) is 11.3 Å². The van der Waals surface area contributed by atoms with Crippen LogP contribution in [0, 0.1) is 5.82 Å². The van der Waals surface area contributed by atoms with Gasteiger partial charge in [-0.3, -0.25) is 14.3 Å². The SMILES string of the molecule is CC(C)n1cc(C(=O)Nc2ccc(Oc3ccnc(N)c3Cl)cn2)c(=O)c(-c2ccc(F)cc2)n1. The van der Waals surface area contributed by atoms with Gasteiger partial charge in [-0.05, 0) is 50.2 Å². The van der Waals surface area contributed by atoms with E-state index in [1.807, 2.05) is 13.8 Å². The van der Waals surface area contributed by atoms with E-state index in [1.54, 1.807) is 12.1 Å². The molecule has 3 N–H and O–H groups in total. The van der Waals surface area contributed by atoms with Gasteiger partial charge in [-0.1, -0.05) is 11.6 Å². The van der Waals surface area contributed by atoms with Crippen LogP contribution < -0.4 is 21.2 Å². The van der Waals surface area contributed by atoms with Crippen LogP contribution in [0.2, 0.25) is 5.02 Å². The maximum absolute atomic E-state index is 13.3. The largest absolute Gasteiger partial charge is 0.454 e. The number of benzene rings is 1. The zero-order valence-corrected chi connectivity index (χ0v) is 19.5. The Balaban J connectivity index is 1.59. The van der Waals surface area contributed by atoms with E-state index in [9.17, 15) is 14.0 Å². The molecule has 0 unspecified atom stereocenters. The Morgan fingerprint density at radius 1 is 1.14 bits per heavy atom. The van der Waals surface area contributed by atoms with Gasteiger partial charge < -0.3 is 15.8 Å². The van der Waals surface area contributed by atoms with Gasteiger partial charge in [0.2, 0.25) is 5.43 Å². The molecule has 0 spiro atoms. The van der Waals surface area contributed by atoms with E-state index in [1.165, 1.54) is 53.6 Å². The molecule has 35 heavy (non-hydrogen) atoms. The molecular weight excluding hydrogens is 475 g/mol. The molecule has 178 valence electrons. The molecule has 1 aromatic carbocycles. The van der Waals surface area contributed by atoms with Crippen LogP contribution in [0.5, 0.6) is 11.5 Å². The summed E-state index contributed by atoms with van der Waals surface area (Å²) in [6, 6.07) is 9.82. The first-order valence-corrected chi connectivity index (χ1v) is 10.9. The first kappa shape index (κ1) is 23.8. The van der Waals surface area contributed by atoms with Gasteiger partial charge in [-0.2, -0.15) is 5.10 Å². The van der Waals surface area contributed by atoms with Gasteiger partial charge in [-0.15, -0.1) is 0 Å². The first-order valence-electron chi connectivity index (χ1n) is 10.5. The summed E-state index contributed by atoms with van der Waals surface area (Å²) in [4.78, 5) is 34.1. The van der Waals surface area contributed by atoms with Gasteiger partial charge in [0.1, 0.15) is 39.5 Å². The number of halogens is 2. The van der Waals surface area contributed by atoms with Crippen molar-refractivity contribution in [3.05, 3.63) is 87.7 Å². The molecular formula is C24H20ClFN6O3. The molecule has 0 saturated heterocycles. The van der Waals surface area contributed by atoms with Crippen LogP contribution >= 0.6 is 11.6 Å². The lowest BCUT2D eigenvalue weighted by molar-refractivity contribution is 0.102. The molecule has 3 aromatic heterocycles. The molecule has 4 rings (SSSR count). The molecule has 4 aromatic rings. The van der Waals surface area contributed by atoms with Gasteiger partial charge in [0.15, 0.2) is 5.75 Å². The lowest BCUT2D eigenvalue weighted by Crippen LogP contribution is -2.27. The van der Waals surface area contributed by atoms with Crippen molar-refractivity contribution in [3.8, 4) is 22.8 Å². The molecule has 0 aliphatic heterocycles. The predicted octanol–water partition coefficient (Wildman–Crippen LogP) is 4.70. The van der Waals surface area contributed by atoms with E-state index in [0.717, 1.165) is 0 Å². The van der Waals surface area contributed by atoms with Crippen molar-refractivity contribution in [3.63, 3.8) is 0 Å². The Morgan fingerprint density at radius 2 is 1.89 bits per heavy atom. The number of anilines is 2. The first-order chi connectivity index (χ1) is 16.7. The third kappa shape index (κ3) is 5.28. The highest BCUT2D eigenvalue weighted by Gasteiger charge is 2.19. The number of carbonyl (C=O) groups is 1. The van der Waals surface area contributed by atoms with Crippen molar-refractivity contribution in [1.29, 1.82) is 0 Å². The molecule has 11 heteroatoms. The van der Waals surface area contributed by atoms with E-state index in [-0.39, 0.29) is 34.0 Å². The number of nitrogens with zero attached hydrogens (tertiary/aromatic N) is 4. The lowest BCUT2D eigenvalue weighted by Gasteiger charge is -2.14. The number of aromatic nitrogens is 4. The Kier molecular flexibility index (Phi) is 6.74. The zero-order chi connectivity index (χ0) is 25.1. The van der Waals surface area contributed by atoms with Crippen molar-refractivity contribution in [2.24, 2.45) is 0 Å². The molecule has 0 aliphatic rings. The van der Waals surface area contributed by atoms with E-state index >= 15 is 0 Å². The molecule has 3 heterocycles. The number of amides is 1. The average molecular weight is 495 g/mol. The van der Waals surface area contributed by atoms with Gasteiger partial charge in [-0.25, -0.2) is 14.4 Å². The topological polar surface area (TPSA) is 125 Å². The number of ether oxygens (including phenoxy) is 1. The molecule has 0 saturated carbocycles. The number of nitrogen functional groups attached to an aromatic ring is 1. The van der Waals surface area contributed by atoms with Crippen LogP contribution in [0.4, 0.5) is 16.0 Å². The van der Waals surface area contributed by atoms with Crippen molar-refractivity contribution in [2.45, 2.75) is 19.9 Å². The summed E-state index contributed by atoms with van der Waals surface area (Å²) in [5.74, 6) is -0.137. The monoisotopic (exact) mass is 494 g/mol. The molecule has 1 amide bonds. The van der Waals surface area contributed by atoms with E-state index in [2.05, 4.69) is 20.4 Å².